The third-order valence-corrected chi connectivity index (χ3v) is 3.23. The minimum absolute atomic E-state index is 0.303. The first-order valence-electron chi connectivity index (χ1n) is 5.20. The zero-order chi connectivity index (χ0) is 10.4. The van der Waals surface area contributed by atoms with Crippen molar-refractivity contribution in [3.8, 4) is 16.9 Å². The number of rotatable bonds is 0. The van der Waals surface area contributed by atoms with Gasteiger partial charge in [-0.3, -0.25) is 0 Å². The highest BCUT2D eigenvalue weighted by molar-refractivity contribution is 5.80. The van der Waals surface area contributed by atoms with Crippen LogP contribution >= 0.6 is 0 Å². The third kappa shape index (κ3) is 1.03. The van der Waals surface area contributed by atoms with Crippen molar-refractivity contribution in [1.29, 1.82) is 0 Å². The molecule has 1 aliphatic rings. The Kier molecular flexibility index (Phi) is 1.63. The van der Waals surface area contributed by atoms with E-state index in [0.29, 0.717) is 11.7 Å². The van der Waals surface area contributed by atoms with Crippen molar-refractivity contribution in [2.75, 3.05) is 0 Å². The zero-order valence-corrected chi connectivity index (χ0v) is 8.57. The Morgan fingerprint density at radius 2 is 1.67 bits per heavy atom. The number of phenols is 1. The van der Waals surface area contributed by atoms with Crippen LogP contribution in [0.5, 0.6) is 5.75 Å². The number of phenolic OH excluding ortho intramolecular Hbond substituents is 1. The molecule has 1 atom stereocenters. The molecule has 0 bridgehead atoms. The molecule has 2 aromatic rings. The monoisotopic (exact) mass is 196 g/mol. The summed E-state index contributed by atoms with van der Waals surface area (Å²) in [6, 6.07) is 14.1. The second kappa shape index (κ2) is 2.86. The molecule has 0 spiro atoms. The summed E-state index contributed by atoms with van der Waals surface area (Å²) in [5.74, 6) is 0.716. The van der Waals surface area contributed by atoms with Gasteiger partial charge in [-0.25, -0.2) is 0 Å². The van der Waals surface area contributed by atoms with Crippen LogP contribution in [0.25, 0.3) is 11.1 Å². The molecule has 0 saturated carbocycles. The van der Waals surface area contributed by atoms with Crippen molar-refractivity contribution in [3.63, 3.8) is 0 Å². The average Bonchev–Trinajstić information content (AvgIpc) is 2.55. The molecule has 0 aliphatic heterocycles. The van der Waals surface area contributed by atoms with Gasteiger partial charge in [0.25, 0.3) is 0 Å². The van der Waals surface area contributed by atoms with Gasteiger partial charge in [0.2, 0.25) is 0 Å². The molecule has 1 heteroatoms. The molecule has 1 N–H and O–H groups in total. The zero-order valence-electron chi connectivity index (χ0n) is 8.57. The molecule has 3 rings (SSSR count). The van der Waals surface area contributed by atoms with Gasteiger partial charge in [-0.15, -0.1) is 0 Å². The molecular weight excluding hydrogens is 184 g/mol. The van der Waals surface area contributed by atoms with E-state index in [2.05, 4.69) is 31.2 Å². The fourth-order valence-corrected chi connectivity index (χ4v) is 2.52. The number of hydrogen-bond donors (Lipinski definition) is 1. The fourth-order valence-electron chi connectivity index (χ4n) is 2.52. The van der Waals surface area contributed by atoms with Crippen LogP contribution in [0.1, 0.15) is 24.0 Å². The summed E-state index contributed by atoms with van der Waals surface area (Å²) in [7, 11) is 0. The van der Waals surface area contributed by atoms with Crippen LogP contribution in [-0.2, 0) is 0 Å². The second-order valence-electron chi connectivity index (χ2n) is 4.05. The highest BCUT2D eigenvalue weighted by Gasteiger charge is 2.26. The molecule has 0 fully saturated rings. The van der Waals surface area contributed by atoms with Crippen molar-refractivity contribution in [1.82, 2.24) is 0 Å². The van der Waals surface area contributed by atoms with Crippen molar-refractivity contribution in [3.05, 3.63) is 53.6 Å². The maximum absolute atomic E-state index is 9.87. The lowest BCUT2D eigenvalue weighted by Gasteiger charge is -2.07. The fraction of sp³-hybridized carbons (Fsp3) is 0.143. The van der Waals surface area contributed by atoms with Crippen molar-refractivity contribution >= 4 is 0 Å². The molecule has 0 amide bonds. The summed E-state index contributed by atoms with van der Waals surface area (Å²) in [4.78, 5) is 0. The molecule has 1 unspecified atom stereocenters. The Morgan fingerprint density at radius 1 is 0.933 bits per heavy atom. The summed E-state index contributed by atoms with van der Waals surface area (Å²) in [5.41, 5.74) is 4.82. The van der Waals surface area contributed by atoms with E-state index in [1.807, 2.05) is 12.1 Å². The lowest BCUT2D eigenvalue weighted by atomic mass is 9.99. The van der Waals surface area contributed by atoms with Gasteiger partial charge in [0.1, 0.15) is 5.75 Å². The van der Waals surface area contributed by atoms with Crippen molar-refractivity contribution < 1.29 is 5.11 Å². The Hall–Kier alpha value is -1.76. The van der Waals surface area contributed by atoms with Crippen LogP contribution < -0.4 is 0 Å². The van der Waals surface area contributed by atoms with Crippen LogP contribution in [0, 0.1) is 0 Å². The Morgan fingerprint density at radius 3 is 2.53 bits per heavy atom. The van der Waals surface area contributed by atoms with Crippen molar-refractivity contribution in [2.24, 2.45) is 0 Å². The molecule has 0 radical (unpaired) electrons. The SMILES string of the molecule is CC1c2ccccc2-c2cccc(O)c21. The summed E-state index contributed by atoms with van der Waals surface area (Å²) >= 11 is 0. The summed E-state index contributed by atoms with van der Waals surface area (Å²) in [6.07, 6.45) is 0. The highest BCUT2D eigenvalue weighted by Crippen LogP contribution is 2.47. The highest BCUT2D eigenvalue weighted by atomic mass is 16.3. The van der Waals surface area contributed by atoms with E-state index in [4.69, 9.17) is 0 Å². The Labute approximate surface area is 89.0 Å². The second-order valence-corrected chi connectivity index (χ2v) is 4.05. The largest absolute Gasteiger partial charge is 0.508 e. The molecule has 1 aliphatic carbocycles. The third-order valence-electron chi connectivity index (χ3n) is 3.23. The average molecular weight is 196 g/mol. The Bertz CT molecular complexity index is 529. The van der Waals surface area contributed by atoms with Crippen LogP contribution in [0.2, 0.25) is 0 Å². The maximum atomic E-state index is 9.87. The molecule has 0 aromatic heterocycles. The van der Waals surface area contributed by atoms with E-state index >= 15 is 0 Å². The van der Waals surface area contributed by atoms with Gasteiger partial charge in [-0.1, -0.05) is 43.3 Å². The van der Waals surface area contributed by atoms with E-state index in [1.54, 1.807) is 6.07 Å². The lowest BCUT2D eigenvalue weighted by molar-refractivity contribution is 0.467. The van der Waals surface area contributed by atoms with Gasteiger partial charge < -0.3 is 5.11 Å². The quantitative estimate of drug-likeness (QED) is 0.683. The van der Waals surface area contributed by atoms with Gasteiger partial charge in [0.15, 0.2) is 0 Å². The Balaban J connectivity index is 2.37. The number of fused-ring (bicyclic) bond motifs is 3. The van der Waals surface area contributed by atoms with Gasteiger partial charge in [-0.05, 0) is 22.8 Å². The van der Waals surface area contributed by atoms with Gasteiger partial charge in [-0.2, -0.15) is 0 Å². The minimum Gasteiger partial charge on any atom is -0.508 e. The smallest absolute Gasteiger partial charge is 0.119 e. The first-order chi connectivity index (χ1) is 7.29. The van der Waals surface area contributed by atoms with Gasteiger partial charge >= 0.3 is 0 Å². The number of hydrogen-bond acceptors (Lipinski definition) is 1. The molecule has 2 aromatic carbocycles. The van der Waals surface area contributed by atoms with Crippen LogP contribution in [0.4, 0.5) is 0 Å². The summed E-state index contributed by atoms with van der Waals surface area (Å²) < 4.78 is 0. The predicted molar refractivity (Wildman–Crippen MR) is 61.1 cm³/mol. The van der Waals surface area contributed by atoms with Crippen LogP contribution in [0.3, 0.4) is 0 Å². The standard InChI is InChI=1S/C14H12O/c1-9-10-5-2-3-6-11(10)12-7-4-8-13(15)14(9)12/h2-9,15H,1H3. The van der Waals surface area contributed by atoms with E-state index in [9.17, 15) is 5.11 Å². The summed E-state index contributed by atoms with van der Waals surface area (Å²) in [5, 5.41) is 9.87. The first-order valence-corrected chi connectivity index (χ1v) is 5.20. The lowest BCUT2D eigenvalue weighted by Crippen LogP contribution is -1.89. The van der Waals surface area contributed by atoms with Crippen LogP contribution in [-0.4, -0.2) is 5.11 Å². The maximum Gasteiger partial charge on any atom is 0.119 e. The molecular formula is C14H12O. The predicted octanol–water partition coefficient (Wildman–Crippen LogP) is 3.52. The number of benzene rings is 2. The van der Waals surface area contributed by atoms with E-state index in [-0.39, 0.29) is 0 Å². The topological polar surface area (TPSA) is 20.2 Å². The van der Waals surface area contributed by atoms with Gasteiger partial charge in [0, 0.05) is 11.5 Å². The minimum atomic E-state index is 0.303. The molecule has 74 valence electrons. The van der Waals surface area contributed by atoms with E-state index in [1.165, 1.54) is 16.7 Å². The molecule has 0 saturated heterocycles. The first kappa shape index (κ1) is 8.54. The van der Waals surface area contributed by atoms with Crippen molar-refractivity contribution in [2.45, 2.75) is 12.8 Å². The normalized spacial score (nSPS) is 17.3. The molecule has 15 heavy (non-hydrogen) atoms. The molecule has 1 nitrogen and oxygen atoms in total. The van der Waals surface area contributed by atoms with Gasteiger partial charge in [0.05, 0.1) is 0 Å². The summed E-state index contributed by atoms with van der Waals surface area (Å²) in [6.45, 7) is 2.14. The van der Waals surface area contributed by atoms with E-state index in [0.717, 1.165) is 5.56 Å². The van der Waals surface area contributed by atoms with E-state index < -0.39 is 0 Å². The molecule has 0 heterocycles. The number of aromatic hydroxyl groups is 1. The van der Waals surface area contributed by atoms with Crippen LogP contribution in [0.15, 0.2) is 42.5 Å².